The normalized spacial score (nSPS) is 12.6. The van der Waals surface area contributed by atoms with Gasteiger partial charge in [0.05, 0.1) is 29.9 Å². The molecule has 0 saturated heterocycles. The lowest BCUT2D eigenvalue weighted by Gasteiger charge is -2.21. The topological polar surface area (TPSA) is 74.0 Å². The van der Waals surface area contributed by atoms with E-state index in [0.29, 0.717) is 13.0 Å². The fourth-order valence-electron chi connectivity index (χ4n) is 1.73. The Hall–Kier alpha value is -2.03. The number of carbonyl (C=O) groups excluding carboxylic acids is 1. The standard InChI is InChI=1S/C14H23N5O/c1-11(13(20)18(5)8-6-7-15)17-12-9-16-19(10-12)14(2,3)4/h9-11,17H,6,8H2,1-5H3/t11-/m0/s1. The van der Waals surface area contributed by atoms with E-state index in [9.17, 15) is 4.79 Å². The first-order chi connectivity index (χ1) is 9.25. The van der Waals surface area contributed by atoms with E-state index in [1.807, 2.05) is 16.9 Å². The molecule has 0 saturated carbocycles. The van der Waals surface area contributed by atoms with Gasteiger partial charge in [-0.05, 0) is 27.7 Å². The maximum Gasteiger partial charge on any atom is 0.244 e. The van der Waals surface area contributed by atoms with Crippen LogP contribution < -0.4 is 5.32 Å². The van der Waals surface area contributed by atoms with Crippen LogP contribution in [0.1, 0.15) is 34.1 Å². The molecular formula is C14H23N5O. The van der Waals surface area contributed by atoms with E-state index >= 15 is 0 Å². The van der Waals surface area contributed by atoms with Gasteiger partial charge in [-0.1, -0.05) is 0 Å². The lowest BCUT2D eigenvalue weighted by molar-refractivity contribution is -0.130. The molecule has 0 unspecified atom stereocenters. The number of likely N-dealkylation sites (N-methyl/N-ethyl adjacent to an activating group) is 1. The van der Waals surface area contributed by atoms with E-state index in [4.69, 9.17) is 5.26 Å². The Balaban J connectivity index is 2.62. The molecule has 0 aliphatic heterocycles. The van der Waals surface area contributed by atoms with Crippen molar-refractivity contribution in [3.63, 3.8) is 0 Å². The predicted octanol–water partition coefficient (Wildman–Crippen LogP) is 1.81. The van der Waals surface area contributed by atoms with Crippen LogP contribution in [-0.2, 0) is 10.3 Å². The molecule has 1 aromatic rings. The van der Waals surface area contributed by atoms with E-state index in [-0.39, 0.29) is 17.5 Å². The van der Waals surface area contributed by atoms with Crippen molar-refractivity contribution in [1.29, 1.82) is 5.26 Å². The Bertz CT molecular complexity index is 494. The minimum Gasteiger partial charge on any atom is -0.371 e. The van der Waals surface area contributed by atoms with Gasteiger partial charge in [0.2, 0.25) is 5.91 Å². The number of nitrogens with one attached hydrogen (secondary N) is 1. The first-order valence-electron chi connectivity index (χ1n) is 6.69. The molecule has 1 atom stereocenters. The highest BCUT2D eigenvalue weighted by Gasteiger charge is 2.19. The first kappa shape index (κ1) is 16.0. The Morgan fingerprint density at radius 1 is 1.60 bits per heavy atom. The van der Waals surface area contributed by atoms with Crippen molar-refractivity contribution in [3.8, 4) is 6.07 Å². The second-order valence-electron chi connectivity index (χ2n) is 5.88. The summed E-state index contributed by atoms with van der Waals surface area (Å²) in [4.78, 5) is 13.6. The van der Waals surface area contributed by atoms with Crippen molar-refractivity contribution in [2.75, 3.05) is 18.9 Å². The minimum absolute atomic E-state index is 0.0382. The van der Waals surface area contributed by atoms with Gasteiger partial charge >= 0.3 is 0 Å². The van der Waals surface area contributed by atoms with Gasteiger partial charge in [0.15, 0.2) is 0 Å². The molecule has 20 heavy (non-hydrogen) atoms. The second kappa shape index (κ2) is 6.42. The number of amides is 1. The molecule has 0 aliphatic rings. The summed E-state index contributed by atoms with van der Waals surface area (Å²) in [5, 5.41) is 15.9. The minimum atomic E-state index is -0.351. The summed E-state index contributed by atoms with van der Waals surface area (Å²) >= 11 is 0. The van der Waals surface area contributed by atoms with Crippen LogP contribution in [0.5, 0.6) is 0 Å². The fraction of sp³-hybridized carbons (Fsp3) is 0.643. The third-order valence-electron chi connectivity index (χ3n) is 2.96. The second-order valence-corrected chi connectivity index (χ2v) is 5.88. The highest BCUT2D eigenvalue weighted by molar-refractivity contribution is 5.83. The Morgan fingerprint density at radius 2 is 2.25 bits per heavy atom. The molecule has 6 nitrogen and oxygen atoms in total. The Morgan fingerprint density at radius 3 is 2.75 bits per heavy atom. The maximum atomic E-state index is 12.1. The SMILES string of the molecule is C[C@H](Nc1cnn(C(C)(C)C)c1)C(=O)N(C)CCC#N. The molecule has 0 spiro atoms. The number of rotatable bonds is 5. The summed E-state index contributed by atoms with van der Waals surface area (Å²) < 4.78 is 1.85. The lowest BCUT2D eigenvalue weighted by Crippen LogP contribution is -2.39. The van der Waals surface area contributed by atoms with Gasteiger partial charge in [0.25, 0.3) is 0 Å². The number of hydrogen-bond acceptors (Lipinski definition) is 4. The summed E-state index contributed by atoms with van der Waals surface area (Å²) in [5.41, 5.74) is 0.728. The molecule has 0 bridgehead atoms. The molecule has 1 heterocycles. The summed E-state index contributed by atoms with van der Waals surface area (Å²) in [7, 11) is 1.70. The quantitative estimate of drug-likeness (QED) is 0.890. The lowest BCUT2D eigenvalue weighted by atomic mass is 10.1. The summed E-state index contributed by atoms with van der Waals surface area (Å²) in [6, 6.07) is 1.68. The van der Waals surface area contributed by atoms with Crippen LogP contribution in [0, 0.1) is 11.3 Å². The van der Waals surface area contributed by atoms with Crippen molar-refractivity contribution >= 4 is 11.6 Å². The third-order valence-corrected chi connectivity index (χ3v) is 2.96. The number of nitrogens with zero attached hydrogens (tertiary/aromatic N) is 4. The van der Waals surface area contributed by atoms with Crippen molar-refractivity contribution < 1.29 is 4.79 Å². The van der Waals surface area contributed by atoms with E-state index in [2.05, 4.69) is 31.2 Å². The van der Waals surface area contributed by atoms with Crippen molar-refractivity contribution in [1.82, 2.24) is 14.7 Å². The molecule has 1 amide bonds. The van der Waals surface area contributed by atoms with Crippen molar-refractivity contribution in [2.24, 2.45) is 0 Å². The van der Waals surface area contributed by atoms with Crippen LogP contribution in [0.25, 0.3) is 0 Å². The molecule has 1 rings (SSSR count). The van der Waals surface area contributed by atoms with Crippen LogP contribution in [-0.4, -0.2) is 40.2 Å². The van der Waals surface area contributed by atoms with Crippen LogP contribution in [0.2, 0.25) is 0 Å². The average molecular weight is 277 g/mol. The smallest absolute Gasteiger partial charge is 0.244 e. The summed E-state index contributed by atoms with van der Waals surface area (Å²) in [6.45, 7) is 8.44. The van der Waals surface area contributed by atoms with Crippen molar-refractivity contribution in [2.45, 2.75) is 45.7 Å². The summed E-state index contributed by atoms with van der Waals surface area (Å²) in [6.07, 6.45) is 3.94. The number of hydrogen-bond donors (Lipinski definition) is 1. The number of nitriles is 1. The molecule has 0 aromatic carbocycles. The maximum absolute atomic E-state index is 12.1. The Kier molecular flexibility index (Phi) is 5.14. The predicted molar refractivity (Wildman–Crippen MR) is 78.2 cm³/mol. The van der Waals surface area contributed by atoms with Gasteiger partial charge in [-0.2, -0.15) is 10.4 Å². The van der Waals surface area contributed by atoms with E-state index in [0.717, 1.165) is 5.69 Å². The zero-order valence-electron chi connectivity index (χ0n) is 12.8. The fourth-order valence-corrected chi connectivity index (χ4v) is 1.73. The molecule has 0 aliphatic carbocycles. The summed E-state index contributed by atoms with van der Waals surface area (Å²) in [5.74, 6) is -0.0382. The van der Waals surface area contributed by atoms with Crippen LogP contribution in [0.3, 0.4) is 0 Å². The van der Waals surface area contributed by atoms with Gasteiger partial charge in [0.1, 0.15) is 6.04 Å². The van der Waals surface area contributed by atoms with Gasteiger partial charge in [-0.25, -0.2) is 0 Å². The van der Waals surface area contributed by atoms with Gasteiger partial charge in [-0.15, -0.1) is 0 Å². The molecule has 1 N–H and O–H groups in total. The highest BCUT2D eigenvalue weighted by Crippen LogP contribution is 2.16. The zero-order chi connectivity index (χ0) is 15.3. The van der Waals surface area contributed by atoms with Gasteiger partial charge < -0.3 is 10.2 Å². The van der Waals surface area contributed by atoms with Crippen LogP contribution in [0.15, 0.2) is 12.4 Å². The van der Waals surface area contributed by atoms with Crippen molar-refractivity contribution in [3.05, 3.63) is 12.4 Å². The number of carbonyl (C=O) groups is 1. The molecular weight excluding hydrogens is 254 g/mol. The number of anilines is 1. The first-order valence-corrected chi connectivity index (χ1v) is 6.69. The number of aromatic nitrogens is 2. The van der Waals surface area contributed by atoms with Gasteiger partial charge in [-0.3, -0.25) is 9.48 Å². The van der Waals surface area contributed by atoms with Gasteiger partial charge in [0, 0.05) is 19.8 Å². The average Bonchev–Trinajstić information content (AvgIpc) is 2.83. The molecule has 0 fully saturated rings. The van der Waals surface area contributed by atoms with E-state index < -0.39 is 0 Å². The monoisotopic (exact) mass is 277 g/mol. The third kappa shape index (κ3) is 4.26. The van der Waals surface area contributed by atoms with Crippen LogP contribution >= 0.6 is 0 Å². The molecule has 1 aromatic heterocycles. The zero-order valence-corrected chi connectivity index (χ0v) is 12.8. The highest BCUT2D eigenvalue weighted by atomic mass is 16.2. The van der Waals surface area contributed by atoms with E-state index in [1.165, 1.54) is 0 Å². The van der Waals surface area contributed by atoms with E-state index in [1.54, 1.807) is 25.1 Å². The largest absolute Gasteiger partial charge is 0.371 e. The van der Waals surface area contributed by atoms with Crippen LogP contribution in [0.4, 0.5) is 5.69 Å². The molecule has 110 valence electrons. The molecule has 0 radical (unpaired) electrons. The molecule has 6 heteroatoms. The Labute approximate surface area is 120 Å².